The van der Waals surface area contributed by atoms with Gasteiger partial charge in [-0.2, -0.15) is 0 Å². The molecule has 0 saturated carbocycles. The molecule has 0 spiro atoms. The summed E-state index contributed by atoms with van der Waals surface area (Å²) in [6.45, 7) is 8.31. The minimum absolute atomic E-state index is 0.126. The Bertz CT molecular complexity index is 664. The molecule has 1 amide bonds. The summed E-state index contributed by atoms with van der Waals surface area (Å²) in [5.41, 5.74) is 5.39. The molecule has 22 heavy (non-hydrogen) atoms. The molecule has 0 radical (unpaired) electrons. The van der Waals surface area contributed by atoms with Crippen molar-refractivity contribution in [2.75, 3.05) is 5.32 Å². The number of carbonyl (C=O) groups is 1. The van der Waals surface area contributed by atoms with Crippen LogP contribution in [0.2, 0.25) is 0 Å². The number of carbonyl (C=O) groups excluding carboxylic acids is 1. The van der Waals surface area contributed by atoms with Crippen molar-refractivity contribution in [3.05, 3.63) is 64.7 Å². The van der Waals surface area contributed by atoms with Crippen molar-refractivity contribution < 1.29 is 9.53 Å². The number of anilines is 1. The lowest BCUT2D eigenvalue weighted by Gasteiger charge is -2.15. The molecular formula is C19H23NO2. The normalized spacial score (nSPS) is 12.0. The molecular weight excluding hydrogens is 274 g/mol. The molecule has 2 aromatic rings. The Labute approximate surface area is 132 Å². The van der Waals surface area contributed by atoms with E-state index in [9.17, 15) is 4.79 Å². The number of aryl methyl sites for hydroxylation is 3. The predicted molar refractivity (Wildman–Crippen MR) is 90.0 cm³/mol. The van der Waals surface area contributed by atoms with E-state index in [0.717, 1.165) is 16.8 Å². The van der Waals surface area contributed by atoms with Crippen molar-refractivity contribution in [3.8, 4) is 0 Å². The number of hydrogen-bond acceptors (Lipinski definition) is 2. The van der Waals surface area contributed by atoms with Crippen LogP contribution in [0.3, 0.4) is 0 Å². The monoisotopic (exact) mass is 297 g/mol. The van der Waals surface area contributed by atoms with Crippen LogP contribution in [0.1, 0.15) is 29.2 Å². The summed E-state index contributed by atoms with van der Waals surface area (Å²) in [7, 11) is 0. The van der Waals surface area contributed by atoms with E-state index in [4.69, 9.17) is 4.74 Å². The molecule has 2 rings (SSSR count). The van der Waals surface area contributed by atoms with Crippen LogP contribution in [0.4, 0.5) is 5.69 Å². The molecule has 0 heterocycles. The highest BCUT2D eigenvalue weighted by Crippen LogP contribution is 2.15. The first-order valence-electron chi connectivity index (χ1n) is 7.51. The van der Waals surface area contributed by atoms with Crippen molar-refractivity contribution in [2.45, 2.75) is 40.4 Å². The van der Waals surface area contributed by atoms with Crippen LogP contribution >= 0.6 is 0 Å². The number of benzene rings is 2. The number of amides is 1. The Balaban J connectivity index is 1.93. The number of hydrogen-bond donors (Lipinski definition) is 1. The first kappa shape index (κ1) is 16.2. The van der Waals surface area contributed by atoms with Gasteiger partial charge in [0.05, 0.1) is 6.61 Å². The maximum Gasteiger partial charge on any atom is 0.253 e. The minimum Gasteiger partial charge on any atom is -0.364 e. The second-order valence-electron chi connectivity index (χ2n) is 5.69. The van der Waals surface area contributed by atoms with Crippen molar-refractivity contribution in [2.24, 2.45) is 0 Å². The van der Waals surface area contributed by atoms with E-state index in [-0.39, 0.29) is 5.91 Å². The van der Waals surface area contributed by atoms with Gasteiger partial charge in [0.1, 0.15) is 6.10 Å². The molecule has 2 aromatic carbocycles. The fourth-order valence-electron chi connectivity index (χ4n) is 2.25. The summed E-state index contributed by atoms with van der Waals surface area (Å²) in [6, 6.07) is 14.0. The summed E-state index contributed by atoms with van der Waals surface area (Å²) in [5.74, 6) is -0.126. The number of para-hydroxylation sites is 1. The average molecular weight is 297 g/mol. The third-order valence-electron chi connectivity index (χ3n) is 3.76. The zero-order valence-corrected chi connectivity index (χ0v) is 13.6. The molecule has 0 bridgehead atoms. The molecule has 116 valence electrons. The summed E-state index contributed by atoms with van der Waals surface area (Å²) in [5, 5.41) is 2.91. The second kappa shape index (κ2) is 7.23. The van der Waals surface area contributed by atoms with Gasteiger partial charge in [0.25, 0.3) is 5.91 Å². The van der Waals surface area contributed by atoms with Crippen LogP contribution in [0, 0.1) is 20.8 Å². The molecule has 0 aliphatic rings. The van der Waals surface area contributed by atoms with Gasteiger partial charge in [-0.25, -0.2) is 0 Å². The van der Waals surface area contributed by atoms with E-state index < -0.39 is 6.10 Å². The van der Waals surface area contributed by atoms with E-state index in [2.05, 4.69) is 37.4 Å². The highest BCUT2D eigenvalue weighted by molar-refractivity contribution is 5.94. The van der Waals surface area contributed by atoms with E-state index in [1.165, 1.54) is 11.1 Å². The lowest BCUT2D eigenvalue weighted by Crippen LogP contribution is -2.28. The Morgan fingerprint density at radius 2 is 1.82 bits per heavy atom. The molecule has 1 atom stereocenters. The van der Waals surface area contributed by atoms with Crippen LogP contribution in [0.15, 0.2) is 42.5 Å². The van der Waals surface area contributed by atoms with Gasteiger partial charge in [0.2, 0.25) is 0 Å². The Kier molecular flexibility index (Phi) is 5.34. The van der Waals surface area contributed by atoms with Gasteiger partial charge in [-0.05, 0) is 50.5 Å². The zero-order chi connectivity index (χ0) is 16.1. The highest BCUT2D eigenvalue weighted by Gasteiger charge is 2.14. The van der Waals surface area contributed by atoms with Gasteiger partial charge in [-0.3, -0.25) is 4.79 Å². The summed E-state index contributed by atoms with van der Waals surface area (Å²) < 4.78 is 5.71. The topological polar surface area (TPSA) is 38.3 Å². The van der Waals surface area contributed by atoms with Gasteiger partial charge in [-0.1, -0.05) is 42.0 Å². The molecule has 0 aliphatic heterocycles. The Hall–Kier alpha value is -2.13. The lowest BCUT2D eigenvalue weighted by atomic mass is 10.1. The van der Waals surface area contributed by atoms with Crippen LogP contribution in [0.5, 0.6) is 0 Å². The maximum atomic E-state index is 12.2. The standard InChI is InChI=1S/C19H23NO2/c1-13-9-10-17(15(3)11-13)12-22-16(4)19(21)20-18-8-6-5-7-14(18)2/h5-11,16H,12H2,1-4H3,(H,20,21). The van der Waals surface area contributed by atoms with Gasteiger partial charge in [0.15, 0.2) is 0 Å². The molecule has 0 aliphatic carbocycles. The van der Waals surface area contributed by atoms with Crippen LogP contribution < -0.4 is 5.32 Å². The fraction of sp³-hybridized carbons (Fsp3) is 0.316. The highest BCUT2D eigenvalue weighted by atomic mass is 16.5. The first-order chi connectivity index (χ1) is 10.5. The lowest BCUT2D eigenvalue weighted by molar-refractivity contribution is -0.127. The quantitative estimate of drug-likeness (QED) is 0.900. The molecule has 3 heteroatoms. The Morgan fingerprint density at radius 3 is 2.50 bits per heavy atom. The molecule has 0 saturated heterocycles. The number of rotatable bonds is 5. The largest absolute Gasteiger partial charge is 0.364 e. The van der Waals surface area contributed by atoms with E-state index >= 15 is 0 Å². The zero-order valence-electron chi connectivity index (χ0n) is 13.6. The molecule has 3 nitrogen and oxygen atoms in total. The third kappa shape index (κ3) is 4.18. The summed E-state index contributed by atoms with van der Waals surface area (Å²) >= 11 is 0. The average Bonchev–Trinajstić information content (AvgIpc) is 2.48. The number of nitrogens with one attached hydrogen (secondary N) is 1. The van der Waals surface area contributed by atoms with Crippen molar-refractivity contribution in [1.82, 2.24) is 0 Å². The van der Waals surface area contributed by atoms with Crippen molar-refractivity contribution in [1.29, 1.82) is 0 Å². The van der Waals surface area contributed by atoms with Crippen molar-refractivity contribution >= 4 is 11.6 Å². The summed E-state index contributed by atoms with van der Waals surface area (Å²) in [6.07, 6.45) is -0.500. The van der Waals surface area contributed by atoms with Crippen LogP contribution in [-0.4, -0.2) is 12.0 Å². The van der Waals surface area contributed by atoms with E-state index in [1.54, 1.807) is 6.92 Å². The Morgan fingerprint density at radius 1 is 1.09 bits per heavy atom. The van der Waals surface area contributed by atoms with E-state index in [1.807, 2.05) is 31.2 Å². The first-order valence-corrected chi connectivity index (χ1v) is 7.51. The van der Waals surface area contributed by atoms with E-state index in [0.29, 0.717) is 6.61 Å². The van der Waals surface area contributed by atoms with Crippen LogP contribution in [0.25, 0.3) is 0 Å². The van der Waals surface area contributed by atoms with Gasteiger partial charge >= 0.3 is 0 Å². The summed E-state index contributed by atoms with van der Waals surface area (Å²) in [4.78, 5) is 12.2. The van der Waals surface area contributed by atoms with Crippen LogP contribution in [-0.2, 0) is 16.1 Å². The SMILES string of the molecule is Cc1ccc(COC(C)C(=O)Nc2ccccc2C)c(C)c1. The molecule has 0 aromatic heterocycles. The molecule has 0 fully saturated rings. The van der Waals surface area contributed by atoms with Crippen molar-refractivity contribution in [3.63, 3.8) is 0 Å². The van der Waals surface area contributed by atoms with Gasteiger partial charge < -0.3 is 10.1 Å². The predicted octanol–water partition coefficient (Wildman–Crippen LogP) is 4.16. The van der Waals surface area contributed by atoms with Gasteiger partial charge in [0, 0.05) is 5.69 Å². The fourth-order valence-corrected chi connectivity index (χ4v) is 2.25. The van der Waals surface area contributed by atoms with Gasteiger partial charge in [-0.15, -0.1) is 0 Å². The third-order valence-corrected chi connectivity index (χ3v) is 3.76. The molecule has 1 unspecified atom stereocenters. The second-order valence-corrected chi connectivity index (χ2v) is 5.69. The smallest absolute Gasteiger partial charge is 0.253 e. The minimum atomic E-state index is -0.500. The maximum absolute atomic E-state index is 12.2. The molecule has 1 N–H and O–H groups in total. The number of ether oxygens (including phenoxy) is 1.